The van der Waals surface area contributed by atoms with Crippen molar-refractivity contribution >= 4 is 0 Å². The van der Waals surface area contributed by atoms with E-state index in [4.69, 9.17) is 0 Å². The topological polar surface area (TPSA) is 9.23 Å². The Kier molecular flexibility index (Phi) is 7.66. The van der Waals surface area contributed by atoms with Gasteiger partial charge in [-0.3, -0.25) is 0 Å². The maximum atomic E-state index is 14.8. The molecule has 2 fully saturated rings. The molecule has 2 aromatic carbocycles. The van der Waals surface area contributed by atoms with Crippen LogP contribution in [0.5, 0.6) is 5.75 Å². The number of halogens is 4. The molecule has 34 heavy (non-hydrogen) atoms. The third-order valence-corrected chi connectivity index (χ3v) is 7.57. The van der Waals surface area contributed by atoms with Crippen molar-refractivity contribution in [3.05, 3.63) is 76.9 Å². The van der Waals surface area contributed by atoms with Crippen molar-refractivity contribution in [2.75, 3.05) is 7.11 Å². The lowest BCUT2D eigenvalue weighted by atomic mass is 9.63. The van der Waals surface area contributed by atoms with Crippen molar-refractivity contribution in [3.63, 3.8) is 0 Å². The number of benzene rings is 2. The van der Waals surface area contributed by atoms with E-state index in [2.05, 4.69) is 23.2 Å². The van der Waals surface area contributed by atoms with Gasteiger partial charge in [0, 0.05) is 5.56 Å². The first-order valence-corrected chi connectivity index (χ1v) is 12.0. The van der Waals surface area contributed by atoms with Gasteiger partial charge in [0.15, 0.2) is 17.4 Å². The normalized spacial score (nSPS) is 24.0. The summed E-state index contributed by atoms with van der Waals surface area (Å²) in [6.07, 6.45) is 10.9. The zero-order valence-electron chi connectivity index (χ0n) is 19.5. The van der Waals surface area contributed by atoms with Crippen LogP contribution in [0.4, 0.5) is 17.6 Å². The number of hydrogen-bond acceptors (Lipinski definition) is 1. The first-order valence-electron chi connectivity index (χ1n) is 12.0. The summed E-state index contributed by atoms with van der Waals surface area (Å²) in [6, 6.07) is 4.71. The van der Waals surface area contributed by atoms with Gasteiger partial charge in [-0.05, 0) is 98.4 Å². The fourth-order valence-electron chi connectivity index (χ4n) is 5.81. The number of rotatable bonds is 5. The molecule has 0 aliphatic heterocycles. The molecule has 0 aromatic heterocycles. The highest BCUT2D eigenvalue weighted by Gasteiger charge is 2.36. The zero-order chi connectivity index (χ0) is 24.2. The smallest absolute Gasteiger partial charge is 0.190 e. The molecule has 0 heterocycles. The van der Waals surface area contributed by atoms with Crippen LogP contribution < -0.4 is 4.74 Å². The molecule has 1 nitrogen and oxygen atoms in total. The first-order chi connectivity index (χ1) is 16.4. The molecule has 0 amide bonds. The van der Waals surface area contributed by atoms with Gasteiger partial charge in [-0.1, -0.05) is 24.3 Å². The Labute approximate surface area is 199 Å². The number of allylic oxidation sites excluding steroid dienone is 1. The van der Waals surface area contributed by atoms with E-state index in [0.29, 0.717) is 17.4 Å². The molecule has 4 rings (SSSR count). The number of hydrogen-bond donors (Lipinski definition) is 0. The van der Waals surface area contributed by atoms with Crippen molar-refractivity contribution in [3.8, 4) is 17.6 Å². The zero-order valence-corrected chi connectivity index (χ0v) is 19.5. The fraction of sp³-hybridized carbons (Fsp3) is 0.448. The molecule has 4 atom stereocenters. The van der Waals surface area contributed by atoms with E-state index < -0.39 is 34.6 Å². The second-order valence-corrected chi connectivity index (χ2v) is 9.66. The Hall–Kier alpha value is -2.74. The maximum absolute atomic E-state index is 14.8. The molecule has 2 aromatic rings. The third kappa shape index (κ3) is 5.32. The highest BCUT2D eigenvalue weighted by Crippen LogP contribution is 2.48. The maximum Gasteiger partial charge on any atom is 0.190 e. The summed E-state index contributed by atoms with van der Waals surface area (Å²) in [5, 5.41) is 0. The fourth-order valence-corrected chi connectivity index (χ4v) is 5.81. The Morgan fingerprint density at radius 3 is 2.18 bits per heavy atom. The standard InChI is InChI=1S/C29H30F4O/c1-3-4-5-18-6-8-21-15-22(10-9-20(21)12-18)23-16-25(30)24(26(31)17-23)11-7-19-13-27(32)29(34-2)28(33)14-19/h3,13-14,16-18,20-22H,1,4-6,8-10,12,15H2,2H3. The molecule has 0 radical (unpaired) electrons. The van der Waals surface area contributed by atoms with Crippen molar-refractivity contribution < 1.29 is 22.3 Å². The predicted molar refractivity (Wildman–Crippen MR) is 126 cm³/mol. The van der Waals surface area contributed by atoms with Crippen LogP contribution in [0.15, 0.2) is 36.9 Å². The van der Waals surface area contributed by atoms with E-state index in [1.165, 1.54) is 37.8 Å². The summed E-state index contributed by atoms with van der Waals surface area (Å²) in [6.45, 7) is 3.83. The second-order valence-electron chi connectivity index (χ2n) is 9.66. The molecular formula is C29H30F4O. The second kappa shape index (κ2) is 10.7. The summed E-state index contributed by atoms with van der Waals surface area (Å²) in [5.74, 6) is 3.25. The first kappa shape index (κ1) is 24.4. The Morgan fingerprint density at radius 2 is 1.53 bits per heavy atom. The van der Waals surface area contributed by atoms with E-state index >= 15 is 0 Å². The van der Waals surface area contributed by atoms with Gasteiger partial charge in [0.1, 0.15) is 11.6 Å². The van der Waals surface area contributed by atoms with E-state index in [9.17, 15) is 17.6 Å². The monoisotopic (exact) mass is 470 g/mol. The van der Waals surface area contributed by atoms with Crippen LogP contribution in [0.25, 0.3) is 0 Å². The molecule has 0 saturated heterocycles. The summed E-state index contributed by atoms with van der Waals surface area (Å²) >= 11 is 0. The number of fused-ring (bicyclic) bond motifs is 1. The Balaban J connectivity index is 1.47. The van der Waals surface area contributed by atoms with E-state index in [1.54, 1.807) is 0 Å². The quantitative estimate of drug-likeness (QED) is 0.245. The van der Waals surface area contributed by atoms with Gasteiger partial charge in [-0.15, -0.1) is 6.58 Å². The number of ether oxygens (including phenoxy) is 1. The molecule has 2 aliphatic carbocycles. The van der Waals surface area contributed by atoms with Crippen molar-refractivity contribution in [2.45, 2.75) is 57.3 Å². The van der Waals surface area contributed by atoms with Crippen LogP contribution in [0.1, 0.15) is 74.0 Å². The molecule has 0 bridgehead atoms. The van der Waals surface area contributed by atoms with Gasteiger partial charge in [-0.2, -0.15) is 0 Å². The van der Waals surface area contributed by atoms with Crippen LogP contribution in [0.2, 0.25) is 0 Å². The van der Waals surface area contributed by atoms with Crippen LogP contribution in [-0.2, 0) is 0 Å². The molecule has 5 heteroatoms. The summed E-state index contributed by atoms with van der Waals surface area (Å²) in [4.78, 5) is 0. The molecule has 0 N–H and O–H groups in total. The van der Waals surface area contributed by atoms with Crippen molar-refractivity contribution in [1.29, 1.82) is 0 Å². The van der Waals surface area contributed by atoms with Crippen LogP contribution in [-0.4, -0.2) is 7.11 Å². The highest BCUT2D eigenvalue weighted by atomic mass is 19.1. The summed E-state index contributed by atoms with van der Waals surface area (Å²) in [7, 11) is 1.15. The van der Waals surface area contributed by atoms with Crippen LogP contribution >= 0.6 is 0 Å². The minimum absolute atomic E-state index is 0.0271. The lowest BCUT2D eigenvalue weighted by Crippen LogP contribution is -2.30. The lowest BCUT2D eigenvalue weighted by molar-refractivity contribution is 0.115. The number of methoxy groups -OCH3 is 1. The lowest BCUT2D eigenvalue weighted by Gasteiger charge is -2.42. The molecule has 4 unspecified atom stereocenters. The average molecular weight is 471 g/mol. The molecule has 0 spiro atoms. The molecule has 180 valence electrons. The van der Waals surface area contributed by atoms with Crippen LogP contribution in [0, 0.1) is 52.9 Å². The van der Waals surface area contributed by atoms with Gasteiger partial charge < -0.3 is 4.74 Å². The van der Waals surface area contributed by atoms with E-state index in [1.807, 2.05) is 6.08 Å². The van der Waals surface area contributed by atoms with Gasteiger partial charge >= 0.3 is 0 Å². The molecule has 2 aliphatic rings. The van der Waals surface area contributed by atoms with Gasteiger partial charge in [-0.25, -0.2) is 17.6 Å². The highest BCUT2D eigenvalue weighted by molar-refractivity contribution is 5.47. The Bertz CT molecular complexity index is 1070. The van der Waals surface area contributed by atoms with E-state index in [-0.39, 0.29) is 11.5 Å². The minimum atomic E-state index is -0.923. The largest absolute Gasteiger partial charge is 0.491 e. The van der Waals surface area contributed by atoms with Crippen molar-refractivity contribution in [2.24, 2.45) is 17.8 Å². The van der Waals surface area contributed by atoms with E-state index in [0.717, 1.165) is 50.8 Å². The predicted octanol–water partition coefficient (Wildman–Crippen LogP) is 7.92. The SMILES string of the molecule is C=CCCC1CCC2CC(c3cc(F)c(C#Cc4cc(F)c(OC)c(F)c4)c(F)c3)CCC2C1. The summed E-state index contributed by atoms with van der Waals surface area (Å²) in [5.41, 5.74) is 0.256. The van der Waals surface area contributed by atoms with Crippen LogP contribution in [0.3, 0.4) is 0 Å². The molecular weight excluding hydrogens is 440 g/mol. The molecule has 2 saturated carbocycles. The summed E-state index contributed by atoms with van der Waals surface area (Å²) < 4.78 is 62.0. The van der Waals surface area contributed by atoms with Gasteiger partial charge in [0.25, 0.3) is 0 Å². The average Bonchev–Trinajstić information content (AvgIpc) is 2.81. The minimum Gasteiger partial charge on any atom is -0.491 e. The van der Waals surface area contributed by atoms with Crippen molar-refractivity contribution in [1.82, 2.24) is 0 Å². The van der Waals surface area contributed by atoms with Gasteiger partial charge in [0.05, 0.1) is 12.7 Å². The van der Waals surface area contributed by atoms with Gasteiger partial charge in [0.2, 0.25) is 0 Å². The Morgan fingerprint density at radius 1 is 0.882 bits per heavy atom. The third-order valence-electron chi connectivity index (χ3n) is 7.57.